The molecular weight excluding hydrogens is 275 g/mol. The Morgan fingerprint density at radius 2 is 2.14 bits per heavy atom. The first-order valence-corrected chi connectivity index (χ1v) is 6.93. The van der Waals surface area contributed by atoms with Crippen molar-refractivity contribution in [2.45, 2.75) is 45.3 Å². The van der Waals surface area contributed by atoms with Gasteiger partial charge >= 0.3 is 5.97 Å². The number of halogens is 1. The van der Waals surface area contributed by atoms with Crippen molar-refractivity contribution in [3.8, 4) is 0 Å². The van der Waals surface area contributed by atoms with Gasteiger partial charge in [-0.15, -0.1) is 0 Å². The third-order valence-corrected chi connectivity index (χ3v) is 3.20. The van der Waals surface area contributed by atoms with Crippen LogP contribution in [-0.4, -0.2) is 39.9 Å². The molecule has 1 aliphatic rings. The third-order valence-electron chi connectivity index (χ3n) is 3.20. The van der Waals surface area contributed by atoms with E-state index in [4.69, 9.17) is 4.74 Å². The maximum Gasteiger partial charge on any atom is 0.329 e. The third kappa shape index (κ3) is 3.56. The molecule has 1 aliphatic heterocycles. The van der Waals surface area contributed by atoms with Crippen LogP contribution in [0.1, 0.15) is 44.0 Å². The van der Waals surface area contributed by atoms with E-state index in [9.17, 15) is 14.0 Å². The molecule has 0 spiro atoms. The van der Waals surface area contributed by atoms with Crippen LogP contribution in [-0.2, 0) is 9.53 Å². The lowest BCUT2D eigenvalue weighted by Gasteiger charge is -2.27. The molecule has 0 N–H and O–H groups in total. The lowest BCUT2D eigenvalue weighted by Crippen LogP contribution is -2.43. The minimum absolute atomic E-state index is 0.0690. The number of rotatable bonds is 2. The first kappa shape index (κ1) is 15.4. The SMILES string of the molecule is CC(C)(C)OC(=O)[C@@H]1CCCN1C(=O)c1ccncc1F. The second kappa shape index (κ2) is 5.79. The van der Waals surface area contributed by atoms with Crippen LogP contribution >= 0.6 is 0 Å². The van der Waals surface area contributed by atoms with E-state index >= 15 is 0 Å². The Labute approximate surface area is 123 Å². The second-order valence-electron chi connectivity index (χ2n) is 6.05. The van der Waals surface area contributed by atoms with Crippen LogP contribution in [0.2, 0.25) is 0 Å². The van der Waals surface area contributed by atoms with Crippen molar-refractivity contribution >= 4 is 11.9 Å². The minimum atomic E-state index is -0.683. The Balaban J connectivity index is 2.17. The molecule has 1 aromatic rings. The van der Waals surface area contributed by atoms with E-state index in [-0.39, 0.29) is 5.56 Å². The van der Waals surface area contributed by atoms with Crippen LogP contribution in [0.5, 0.6) is 0 Å². The fourth-order valence-corrected chi connectivity index (χ4v) is 2.33. The van der Waals surface area contributed by atoms with Crippen LogP contribution in [0.25, 0.3) is 0 Å². The molecule has 2 rings (SSSR count). The van der Waals surface area contributed by atoms with Gasteiger partial charge in [0.1, 0.15) is 11.6 Å². The maximum absolute atomic E-state index is 13.7. The molecule has 1 aromatic heterocycles. The molecule has 0 aromatic carbocycles. The average molecular weight is 294 g/mol. The van der Waals surface area contributed by atoms with Crippen molar-refractivity contribution in [3.63, 3.8) is 0 Å². The summed E-state index contributed by atoms with van der Waals surface area (Å²) in [5, 5.41) is 0. The molecular formula is C15H19FN2O3. The number of carbonyl (C=O) groups is 2. The number of pyridine rings is 1. The summed E-state index contributed by atoms with van der Waals surface area (Å²) < 4.78 is 19.0. The number of esters is 1. The van der Waals surface area contributed by atoms with E-state index in [2.05, 4.69) is 4.98 Å². The largest absolute Gasteiger partial charge is 0.458 e. The summed E-state index contributed by atoms with van der Waals surface area (Å²) in [6, 6.07) is 0.673. The fourth-order valence-electron chi connectivity index (χ4n) is 2.33. The highest BCUT2D eigenvalue weighted by atomic mass is 19.1. The molecule has 1 saturated heterocycles. The van der Waals surface area contributed by atoms with E-state index in [1.807, 2.05) is 0 Å². The molecule has 0 unspecified atom stereocenters. The van der Waals surface area contributed by atoms with Gasteiger partial charge in [-0.25, -0.2) is 9.18 Å². The molecule has 6 heteroatoms. The van der Waals surface area contributed by atoms with Crippen molar-refractivity contribution in [2.24, 2.45) is 0 Å². The van der Waals surface area contributed by atoms with Crippen LogP contribution in [0.4, 0.5) is 4.39 Å². The van der Waals surface area contributed by atoms with Crippen LogP contribution in [0.15, 0.2) is 18.5 Å². The summed E-state index contributed by atoms with van der Waals surface area (Å²) in [4.78, 5) is 29.6. The van der Waals surface area contributed by atoms with Gasteiger partial charge in [0.05, 0.1) is 11.8 Å². The van der Waals surface area contributed by atoms with Crippen LogP contribution in [0.3, 0.4) is 0 Å². The van der Waals surface area contributed by atoms with Gasteiger partial charge < -0.3 is 9.64 Å². The molecule has 2 heterocycles. The number of aromatic nitrogens is 1. The number of hydrogen-bond donors (Lipinski definition) is 0. The number of amides is 1. The summed E-state index contributed by atoms with van der Waals surface area (Å²) in [6.07, 6.45) is 3.58. The molecule has 0 saturated carbocycles. The van der Waals surface area contributed by atoms with E-state index < -0.39 is 29.3 Å². The molecule has 1 atom stereocenters. The molecule has 0 aliphatic carbocycles. The van der Waals surface area contributed by atoms with E-state index in [1.54, 1.807) is 20.8 Å². The first-order chi connectivity index (χ1) is 9.79. The lowest BCUT2D eigenvalue weighted by atomic mass is 10.1. The molecule has 0 bridgehead atoms. The van der Waals surface area contributed by atoms with Gasteiger partial charge in [-0.05, 0) is 39.7 Å². The van der Waals surface area contributed by atoms with Crippen LogP contribution < -0.4 is 0 Å². The molecule has 114 valence electrons. The van der Waals surface area contributed by atoms with Gasteiger partial charge in [-0.1, -0.05) is 0 Å². The van der Waals surface area contributed by atoms with Crippen molar-refractivity contribution in [2.75, 3.05) is 6.54 Å². The number of carbonyl (C=O) groups excluding carboxylic acids is 2. The Bertz CT molecular complexity index is 554. The monoisotopic (exact) mass is 294 g/mol. The lowest BCUT2D eigenvalue weighted by molar-refractivity contribution is -0.159. The maximum atomic E-state index is 13.7. The number of ether oxygens (including phenoxy) is 1. The zero-order chi connectivity index (χ0) is 15.6. The summed E-state index contributed by atoms with van der Waals surface area (Å²) in [6.45, 7) is 5.74. The average Bonchev–Trinajstić information content (AvgIpc) is 2.85. The highest BCUT2D eigenvalue weighted by molar-refractivity contribution is 5.97. The van der Waals surface area contributed by atoms with E-state index in [0.717, 1.165) is 6.20 Å². The van der Waals surface area contributed by atoms with Crippen molar-refractivity contribution < 1.29 is 18.7 Å². The predicted octanol–water partition coefficient (Wildman–Crippen LogP) is 2.17. The Morgan fingerprint density at radius 1 is 1.43 bits per heavy atom. The summed E-state index contributed by atoms with van der Waals surface area (Å²) in [5.74, 6) is -1.62. The Hall–Kier alpha value is -1.98. The highest BCUT2D eigenvalue weighted by Gasteiger charge is 2.37. The summed E-state index contributed by atoms with van der Waals surface area (Å²) >= 11 is 0. The molecule has 1 amide bonds. The van der Waals surface area contributed by atoms with E-state index in [1.165, 1.54) is 17.2 Å². The smallest absolute Gasteiger partial charge is 0.329 e. The molecule has 5 nitrogen and oxygen atoms in total. The molecule has 21 heavy (non-hydrogen) atoms. The van der Waals surface area contributed by atoms with Gasteiger partial charge in [-0.3, -0.25) is 9.78 Å². The molecule has 1 fully saturated rings. The fraction of sp³-hybridized carbons (Fsp3) is 0.533. The van der Waals surface area contributed by atoms with Gasteiger partial charge in [0.2, 0.25) is 0 Å². The normalized spacial score (nSPS) is 18.7. The van der Waals surface area contributed by atoms with Gasteiger partial charge in [0.15, 0.2) is 5.82 Å². The summed E-state index contributed by atoms with van der Waals surface area (Å²) in [5.41, 5.74) is -0.684. The number of hydrogen-bond acceptors (Lipinski definition) is 4. The second-order valence-corrected chi connectivity index (χ2v) is 6.05. The predicted molar refractivity (Wildman–Crippen MR) is 74.1 cm³/mol. The standard InChI is InChI=1S/C15H19FN2O3/c1-15(2,3)21-14(20)12-5-4-8-18(12)13(19)10-6-7-17-9-11(10)16/h6-7,9,12H,4-5,8H2,1-3H3/t12-/m0/s1. The zero-order valence-electron chi connectivity index (χ0n) is 12.4. The van der Waals surface area contributed by atoms with Gasteiger partial charge in [-0.2, -0.15) is 0 Å². The minimum Gasteiger partial charge on any atom is -0.458 e. The zero-order valence-corrected chi connectivity index (χ0v) is 12.4. The topological polar surface area (TPSA) is 59.5 Å². The van der Waals surface area contributed by atoms with Gasteiger partial charge in [0.25, 0.3) is 5.91 Å². The van der Waals surface area contributed by atoms with Crippen molar-refractivity contribution in [3.05, 3.63) is 29.8 Å². The van der Waals surface area contributed by atoms with Crippen molar-refractivity contribution in [1.29, 1.82) is 0 Å². The van der Waals surface area contributed by atoms with E-state index in [0.29, 0.717) is 19.4 Å². The van der Waals surface area contributed by atoms with Crippen LogP contribution in [0, 0.1) is 5.82 Å². The quantitative estimate of drug-likeness (QED) is 0.784. The first-order valence-electron chi connectivity index (χ1n) is 6.93. The Morgan fingerprint density at radius 3 is 2.76 bits per heavy atom. The summed E-state index contributed by atoms with van der Waals surface area (Å²) in [7, 11) is 0. The van der Waals surface area contributed by atoms with Crippen molar-refractivity contribution in [1.82, 2.24) is 9.88 Å². The highest BCUT2D eigenvalue weighted by Crippen LogP contribution is 2.23. The number of nitrogens with zero attached hydrogens (tertiary/aromatic N) is 2. The van der Waals surface area contributed by atoms with Gasteiger partial charge in [0, 0.05) is 12.7 Å². The number of likely N-dealkylation sites (tertiary alicyclic amines) is 1. The molecule has 0 radical (unpaired) electrons. The Kier molecular flexibility index (Phi) is 4.25.